The van der Waals surface area contributed by atoms with E-state index in [1.807, 2.05) is 6.92 Å². The third-order valence-corrected chi connectivity index (χ3v) is 4.55. The number of carbonyl (C=O) groups is 1. The van der Waals surface area contributed by atoms with Crippen LogP contribution in [0.4, 0.5) is 0 Å². The van der Waals surface area contributed by atoms with Crippen molar-refractivity contribution in [3.05, 3.63) is 59.9 Å². The van der Waals surface area contributed by atoms with Gasteiger partial charge in [0.15, 0.2) is 0 Å². The van der Waals surface area contributed by atoms with E-state index in [0.717, 1.165) is 5.56 Å². The Labute approximate surface area is 128 Å². The van der Waals surface area contributed by atoms with Gasteiger partial charge in [-0.15, -0.1) is 0 Å². The van der Waals surface area contributed by atoms with Gasteiger partial charge in [0.25, 0.3) is 0 Å². The third kappa shape index (κ3) is 4.12. The van der Waals surface area contributed by atoms with Crippen molar-refractivity contribution in [3.63, 3.8) is 0 Å². The molecule has 0 aliphatic rings. The lowest BCUT2D eigenvalue weighted by atomic mass is 10.1. The van der Waals surface area contributed by atoms with Crippen molar-refractivity contribution >= 4 is 16.0 Å². The molecule has 1 aromatic carbocycles. The summed E-state index contributed by atoms with van der Waals surface area (Å²) in [4.78, 5) is 15.4. The zero-order chi connectivity index (χ0) is 16.2. The fourth-order valence-electron chi connectivity index (χ4n) is 1.88. The number of aromatic nitrogens is 1. The minimum atomic E-state index is -3.90. The predicted octanol–water partition coefficient (Wildman–Crippen LogP) is 1.36. The molecule has 2 N–H and O–H groups in total. The Morgan fingerprint density at radius 3 is 2.45 bits per heavy atom. The molecule has 1 atom stereocenters. The van der Waals surface area contributed by atoms with E-state index < -0.39 is 22.0 Å². The molecule has 7 heteroatoms. The zero-order valence-electron chi connectivity index (χ0n) is 11.9. The molecule has 0 radical (unpaired) electrons. The molecule has 0 spiro atoms. The Hall–Kier alpha value is -2.25. The van der Waals surface area contributed by atoms with Gasteiger partial charge < -0.3 is 5.11 Å². The summed E-state index contributed by atoms with van der Waals surface area (Å²) in [5.74, 6) is -1.25. The summed E-state index contributed by atoms with van der Waals surface area (Å²) < 4.78 is 26.7. The summed E-state index contributed by atoms with van der Waals surface area (Å²) >= 11 is 0. The molecular weight excluding hydrogens is 304 g/mol. The maximum absolute atomic E-state index is 12.3. The van der Waals surface area contributed by atoms with Crippen LogP contribution in [0.2, 0.25) is 0 Å². The van der Waals surface area contributed by atoms with Gasteiger partial charge in [-0.1, -0.05) is 23.8 Å². The van der Waals surface area contributed by atoms with Gasteiger partial charge in [0.1, 0.15) is 6.04 Å². The van der Waals surface area contributed by atoms with Gasteiger partial charge in [0.2, 0.25) is 10.0 Å². The SMILES string of the molecule is Cc1ccc(S(=O)(=O)N[C@@H](Cc2ccccn2)C(=O)O)cc1. The molecule has 0 aliphatic carbocycles. The quantitative estimate of drug-likeness (QED) is 0.838. The minimum Gasteiger partial charge on any atom is -0.480 e. The molecule has 1 heterocycles. The largest absolute Gasteiger partial charge is 0.480 e. The number of nitrogens with one attached hydrogen (secondary N) is 1. The second-order valence-electron chi connectivity index (χ2n) is 4.85. The summed E-state index contributed by atoms with van der Waals surface area (Å²) in [5.41, 5.74) is 1.42. The van der Waals surface area contributed by atoms with E-state index in [1.54, 1.807) is 30.3 Å². The number of carboxylic acid groups (broad SMARTS) is 1. The van der Waals surface area contributed by atoms with Gasteiger partial charge in [-0.05, 0) is 31.2 Å². The Balaban J connectivity index is 2.20. The maximum Gasteiger partial charge on any atom is 0.322 e. The van der Waals surface area contributed by atoms with Crippen LogP contribution < -0.4 is 4.72 Å². The molecule has 0 unspecified atom stereocenters. The van der Waals surface area contributed by atoms with Crippen LogP contribution in [0.25, 0.3) is 0 Å². The van der Waals surface area contributed by atoms with Crippen LogP contribution in [0.5, 0.6) is 0 Å². The normalized spacial score (nSPS) is 12.8. The molecule has 0 saturated carbocycles. The van der Waals surface area contributed by atoms with E-state index in [2.05, 4.69) is 9.71 Å². The average Bonchev–Trinajstić information content (AvgIpc) is 2.48. The Kier molecular flexibility index (Phi) is 4.89. The summed E-state index contributed by atoms with van der Waals surface area (Å²) in [6.07, 6.45) is 1.50. The van der Waals surface area contributed by atoms with Crippen LogP contribution >= 0.6 is 0 Å². The molecule has 22 heavy (non-hydrogen) atoms. The topological polar surface area (TPSA) is 96.4 Å². The predicted molar refractivity (Wildman–Crippen MR) is 80.9 cm³/mol. The lowest BCUT2D eigenvalue weighted by Gasteiger charge is -2.14. The van der Waals surface area contributed by atoms with Crippen LogP contribution in [0.3, 0.4) is 0 Å². The van der Waals surface area contributed by atoms with Crippen LogP contribution in [0.15, 0.2) is 53.6 Å². The number of nitrogens with zero attached hydrogens (tertiary/aromatic N) is 1. The number of sulfonamides is 1. The van der Waals surface area contributed by atoms with Gasteiger partial charge in [0, 0.05) is 18.3 Å². The van der Waals surface area contributed by atoms with Crippen molar-refractivity contribution in [2.45, 2.75) is 24.3 Å². The number of aliphatic carboxylic acids is 1. The summed E-state index contributed by atoms with van der Waals surface area (Å²) in [7, 11) is -3.90. The van der Waals surface area contributed by atoms with E-state index in [4.69, 9.17) is 0 Å². The van der Waals surface area contributed by atoms with Crippen molar-refractivity contribution < 1.29 is 18.3 Å². The standard InChI is InChI=1S/C15H16N2O4S/c1-11-5-7-13(8-6-11)22(20,21)17-14(15(18)19)10-12-4-2-3-9-16-12/h2-9,14,17H,10H2,1H3,(H,18,19)/t14-/m0/s1. The molecule has 0 bridgehead atoms. The van der Waals surface area contributed by atoms with Crippen LogP contribution in [-0.4, -0.2) is 30.5 Å². The number of benzene rings is 1. The number of aryl methyl sites for hydroxylation is 1. The number of carboxylic acids is 1. The summed E-state index contributed by atoms with van der Waals surface area (Å²) in [6, 6.07) is 9.99. The average molecular weight is 320 g/mol. The van der Waals surface area contributed by atoms with E-state index in [0.29, 0.717) is 5.69 Å². The number of hydrogen-bond donors (Lipinski definition) is 2. The second kappa shape index (κ2) is 6.67. The monoisotopic (exact) mass is 320 g/mol. The highest BCUT2D eigenvalue weighted by atomic mass is 32.2. The Morgan fingerprint density at radius 2 is 1.91 bits per heavy atom. The first kappa shape index (κ1) is 16.1. The van der Waals surface area contributed by atoms with Crippen molar-refractivity contribution in [1.29, 1.82) is 0 Å². The van der Waals surface area contributed by atoms with Gasteiger partial charge >= 0.3 is 5.97 Å². The van der Waals surface area contributed by atoms with Crippen LogP contribution in [0.1, 0.15) is 11.3 Å². The van der Waals surface area contributed by atoms with E-state index in [9.17, 15) is 18.3 Å². The fraction of sp³-hybridized carbons (Fsp3) is 0.200. The highest BCUT2D eigenvalue weighted by Gasteiger charge is 2.25. The van der Waals surface area contributed by atoms with Crippen molar-refractivity contribution in [1.82, 2.24) is 9.71 Å². The molecule has 1 aromatic heterocycles. The fourth-order valence-corrected chi connectivity index (χ4v) is 3.07. The van der Waals surface area contributed by atoms with Crippen molar-refractivity contribution in [2.24, 2.45) is 0 Å². The summed E-state index contributed by atoms with van der Waals surface area (Å²) in [5, 5.41) is 9.23. The molecular formula is C15H16N2O4S. The van der Waals surface area contributed by atoms with Gasteiger partial charge in [0.05, 0.1) is 4.90 Å². The highest BCUT2D eigenvalue weighted by Crippen LogP contribution is 2.11. The lowest BCUT2D eigenvalue weighted by molar-refractivity contribution is -0.138. The van der Waals surface area contributed by atoms with Gasteiger partial charge in [-0.3, -0.25) is 9.78 Å². The number of pyridine rings is 1. The highest BCUT2D eigenvalue weighted by molar-refractivity contribution is 7.89. The lowest BCUT2D eigenvalue weighted by Crippen LogP contribution is -2.42. The van der Waals surface area contributed by atoms with E-state index in [1.165, 1.54) is 18.3 Å². The molecule has 116 valence electrons. The molecule has 0 fully saturated rings. The van der Waals surface area contributed by atoms with Gasteiger partial charge in [-0.25, -0.2) is 8.42 Å². The van der Waals surface area contributed by atoms with Crippen LogP contribution in [0, 0.1) is 6.92 Å². The van der Waals surface area contributed by atoms with Crippen molar-refractivity contribution in [2.75, 3.05) is 0 Å². The number of rotatable bonds is 6. The summed E-state index contributed by atoms with van der Waals surface area (Å²) in [6.45, 7) is 1.84. The second-order valence-corrected chi connectivity index (χ2v) is 6.56. The molecule has 0 amide bonds. The van der Waals surface area contributed by atoms with Crippen LogP contribution in [-0.2, 0) is 21.2 Å². The first-order valence-corrected chi connectivity index (χ1v) is 8.08. The molecule has 0 aliphatic heterocycles. The zero-order valence-corrected chi connectivity index (χ0v) is 12.7. The molecule has 2 rings (SSSR count). The first-order valence-electron chi connectivity index (χ1n) is 6.60. The molecule has 6 nitrogen and oxygen atoms in total. The van der Waals surface area contributed by atoms with E-state index in [-0.39, 0.29) is 11.3 Å². The Morgan fingerprint density at radius 1 is 1.23 bits per heavy atom. The smallest absolute Gasteiger partial charge is 0.322 e. The van der Waals surface area contributed by atoms with Gasteiger partial charge in [-0.2, -0.15) is 4.72 Å². The molecule has 2 aromatic rings. The van der Waals surface area contributed by atoms with E-state index >= 15 is 0 Å². The number of hydrogen-bond acceptors (Lipinski definition) is 4. The minimum absolute atomic E-state index is 0.0265. The Bertz CT molecular complexity index is 743. The molecule has 0 saturated heterocycles. The third-order valence-electron chi connectivity index (χ3n) is 3.07. The first-order chi connectivity index (χ1) is 10.4. The van der Waals surface area contributed by atoms with Crippen molar-refractivity contribution in [3.8, 4) is 0 Å². The maximum atomic E-state index is 12.3.